The Bertz CT molecular complexity index is 909. The van der Waals surface area contributed by atoms with Gasteiger partial charge in [0.05, 0.1) is 6.61 Å². The van der Waals surface area contributed by atoms with Crippen LogP contribution in [0.15, 0.2) is 59.8 Å². The molecule has 0 saturated carbocycles. The molecule has 0 atom stereocenters. The van der Waals surface area contributed by atoms with E-state index < -0.39 is 0 Å². The largest absolute Gasteiger partial charge is 0.466 e. The van der Waals surface area contributed by atoms with Gasteiger partial charge in [-0.05, 0) is 43.5 Å². The lowest BCUT2D eigenvalue weighted by atomic mass is 10.1. The van der Waals surface area contributed by atoms with Crippen LogP contribution in [-0.4, -0.2) is 33.1 Å². The van der Waals surface area contributed by atoms with Crippen LogP contribution in [0.1, 0.15) is 36.7 Å². The third-order valence-electron chi connectivity index (χ3n) is 4.23. The van der Waals surface area contributed by atoms with Crippen LogP contribution in [0, 0.1) is 6.92 Å². The van der Waals surface area contributed by atoms with Crippen LogP contribution < -0.4 is 0 Å². The molecule has 0 spiro atoms. The SMILES string of the molecule is CCOC(=O)CCCSc1nnc(Cc2ccccc2)n1-c1cccc(C)c1. The zero-order valence-corrected chi connectivity index (χ0v) is 17.1. The first-order chi connectivity index (χ1) is 13.7. The molecular weight excluding hydrogens is 370 g/mol. The lowest BCUT2D eigenvalue weighted by Gasteiger charge is -2.11. The van der Waals surface area contributed by atoms with Gasteiger partial charge in [-0.15, -0.1) is 10.2 Å². The molecule has 3 aromatic rings. The third-order valence-corrected chi connectivity index (χ3v) is 5.24. The minimum absolute atomic E-state index is 0.145. The number of carbonyl (C=O) groups is 1. The fourth-order valence-corrected chi connectivity index (χ4v) is 3.84. The lowest BCUT2D eigenvalue weighted by molar-refractivity contribution is -0.143. The zero-order chi connectivity index (χ0) is 19.8. The summed E-state index contributed by atoms with van der Waals surface area (Å²) in [5.41, 5.74) is 3.45. The second-order valence-electron chi connectivity index (χ2n) is 6.49. The van der Waals surface area contributed by atoms with E-state index in [4.69, 9.17) is 4.74 Å². The number of esters is 1. The van der Waals surface area contributed by atoms with Gasteiger partial charge in [-0.25, -0.2) is 0 Å². The molecule has 0 unspecified atom stereocenters. The van der Waals surface area contributed by atoms with Crippen molar-refractivity contribution in [2.75, 3.05) is 12.4 Å². The molecular formula is C22H25N3O2S. The molecule has 1 heterocycles. The van der Waals surface area contributed by atoms with Crippen LogP contribution >= 0.6 is 11.8 Å². The first-order valence-corrected chi connectivity index (χ1v) is 10.5. The fraction of sp³-hybridized carbons (Fsp3) is 0.318. The van der Waals surface area contributed by atoms with E-state index in [1.165, 1.54) is 11.1 Å². The highest BCUT2D eigenvalue weighted by Crippen LogP contribution is 2.25. The number of thioether (sulfide) groups is 1. The molecule has 0 aliphatic carbocycles. The maximum atomic E-state index is 11.5. The van der Waals surface area contributed by atoms with Gasteiger partial charge < -0.3 is 4.74 Å². The van der Waals surface area contributed by atoms with Gasteiger partial charge in [-0.2, -0.15) is 0 Å². The van der Waals surface area contributed by atoms with Gasteiger partial charge in [0.25, 0.3) is 0 Å². The van der Waals surface area contributed by atoms with E-state index in [0.717, 1.165) is 28.8 Å². The number of nitrogens with zero attached hydrogens (tertiary/aromatic N) is 3. The number of hydrogen-bond acceptors (Lipinski definition) is 5. The molecule has 0 aliphatic rings. The van der Waals surface area contributed by atoms with E-state index in [1.54, 1.807) is 11.8 Å². The van der Waals surface area contributed by atoms with Gasteiger partial charge >= 0.3 is 5.97 Å². The average molecular weight is 396 g/mol. The highest BCUT2D eigenvalue weighted by Gasteiger charge is 2.15. The Morgan fingerprint density at radius 1 is 1.11 bits per heavy atom. The van der Waals surface area contributed by atoms with Gasteiger partial charge in [0.2, 0.25) is 0 Å². The first kappa shape index (κ1) is 20.1. The van der Waals surface area contributed by atoms with Crippen molar-refractivity contribution in [2.24, 2.45) is 0 Å². The predicted octanol–water partition coefficient (Wildman–Crippen LogP) is 4.60. The predicted molar refractivity (Wildman–Crippen MR) is 112 cm³/mol. The standard InChI is InChI=1S/C22H25N3O2S/c1-3-27-21(26)13-8-14-28-22-24-23-20(16-18-10-5-4-6-11-18)25(22)19-12-7-9-17(2)15-19/h4-7,9-12,15H,3,8,13-14,16H2,1-2H3. The van der Waals surface area contributed by atoms with Gasteiger partial charge in [0.1, 0.15) is 5.82 Å². The Labute approximate surface area is 170 Å². The van der Waals surface area contributed by atoms with Crippen LogP contribution in [0.3, 0.4) is 0 Å². The fourth-order valence-electron chi connectivity index (χ4n) is 2.93. The highest BCUT2D eigenvalue weighted by molar-refractivity contribution is 7.99. The van der Waals surface area contributed by atoms with Crippen molar-refractivity contribution in [2.45, 2.75) is 38.3 Å². The Kier molecular flexibility index (Phi) is 7.25. The molecule has 5 nitrogen and oxygen atoms in total. The van der Waals surface area contributed by atoms with Crippen molar-refractivity contribution in [3.63, 3.8) is 0 Å². The van der Waals surface area contributed by atoms with E-state index in [-0.39, 0.29) is 5.97 Å². The Morgan fingerprint density at radius 3 is 2.68 bits per heavy atom. The molecule has 0 bridgehead atoms. The van der Waals surface area contributed by atoms with Crippen molar-refractivity contribution < 1.29 is 9.53 Å². The molecule has 1 aromatic heterocycles. The summed E-state index contributed by atoms with van der Waals surface area (Å²) in [6.45, 7) is 4.33. The molecule has 0 saturated heterocycles. The smallest absolute Gasteiger partial charge is 0.305 e. The summed E-state index contributed by atoms with van der Waals surface area (Å²) in [4.78, 5) is 11.5. The summed E-state index contributed by atoms with van der Waals surface area (Å²) >= 11 is 1.62. The lowest BCUT2D eigenvalue weighted by Crippen LogP contribution is -2.05. The topological polar surface area (TPSA) is 57.0 Å². The number of aryl methyl sites for hydroxylation is 1. The Morgan fingerprint density at radius 2 is 1.93 bits per heavy atom. The van der Waals surface area contributed by atoms with Crippen molar-refractivity contribution in [1.29, 1.82) is 0 Å². The summed E-state index contributed by atoms with van der Waals surface area (Å²) in [6, 6.07) is 18.6. The molecule has 0 fully saturated rings. The highest BCUT2D eigenvalue weighted by atomic mass is 32.2. The summed E-state index contributed by atoms with van der Waals surface area (Å²) in [5, 5.41) is 9.74. The number of carbonyl (C=O) groups excluding carboxylic acids is 1. The van der Waals surface area contributed by atoms with Crippen molar-refractivity contribution in [3.8, 4) is 5.69 Å². The van der Waals surface area contributed by atoms with Gasteiger partial charge in [0, 0.05) is 24.3 Å². The molecule has 6 heteroatoms. The third kappa shape index (κ3) is 5.45. The summed E-state index contributed by atoms with van der Waals surface area (Å²) < 4.78 is 7.11. The van der Waals surface area contributed by atoms with E-state index in [9.17, 15) is 4.79 Å². The molecule has 0 radical (unpaired) electrons. The van der Waals surface area contributed by atoms with E-state index in [0.29, 0.717) is 19.4 Å². The molecule has 3 rings (SSSR count). The van der Waals surface area contributed by atoms with Crippen LogP contribution in [0.5, 0.6) is 0 Å². The van der Waals surface area contributed by atoms with Crippen LogP contribution in [0.25, 0.3) is 5.69 Å². The monoisotopic (exact) mass is 395 g/mol. The minimum Gasteiger partial charge on any atom is -0.466 e. The number of rotatable bonds is 9. The van der Waals surface area contributed by atoms with Crippen LogP contribution in [0.4, 0.5) is 0 Å². The number of aromatic nitrogens is 3. The maximum Gasteiger partial charge on any atom is 0.305 e. The summed E-state index contributed by atoms with van der Waals surface area (Å²) in [7, 11) is 0. The van der Waals surface area contributed by atoms with Crippen LogP contribution in [0.2, 0.25) is 0 Å². The molecule has 0 aliphatic heterocycles. The summed E-state index contributed by atoms with van der Waals surface area (Å²) in [5.74, 6) is 1.55. The molecule has 28 heavy (non-hydrogen) atoms. The Hall–Kier alpha value is -2.60. The average Bonchev–Trinajstić information content (AvgIpc) is 3.08. The van der Waals surface area contributed by atoms with E-state index in [1.807, 2.05) is 31.2 Å². The van der Waals surface area contributed by atoms with E-state index in [2.05, 4.69) is 52.0 Å². The second-order valence-corrected chi connectivity index (χ2v) is 7.55. The van der Waals surface area contributed by atoms with Gasteiger partial charge in [0.15, 0.2) is 5.16 Å². The number of benzene rings is 2. The van der Waals surface area contributed by atoms with Crippen LogP contribution in [-0.2, 0) is 16.0 Å². The normalized spacial score (nSPS) is 10.8. The molecule has 0 amide bonds. The van der Waals surface area contributed by atoms with Crippen molar-refractivity contribution >= 4 is 17.7 Å². The Balaban J connectivity index is 1.78. The summed E-state index contributed by atoms with van der Waals surface area (Å²) in [6.07, 6.45) is 1.89. The van der Waals surface area contributed by atoms with Crippen molar-refractivity contribution in [3.05, 3.63) is 71.5 Å². The number of ether oxygens (including phenoxy) is 1. The maximum absolute atomic E-state index is 11.5. The molecule has 0 N–H and O–H groups in total. The zero-order valence-electron chi connectivity index (χ0n) is 16.3. The minimum atomic E-state index is -0.145. The van der Waals surface area contributed by atoms with E-state index >= 15 is 0 Å². The van der Waals surface area contributed by atoms with Gasteiger partial charge in [-0.3, -0.25) is 9.36 Å². The number of hydrogen-bond donors (Lipinski definition) is 0. The molecule has 146 valence electrons. The van der Waals surface area contributed by atoms with Crippen molar-refractivity contribution in [1.82, 2.24) is 14.8 Å². The van der Waals surface area contributed by atoms with Gasteiger partial charge in [-0.1, -0.05) is 54.2 Å². The first-order valence-electron chi connectivity index (χ1n) is 9.51. The molecule has 2 aromatic carbocycles. The second kappa shape index (κ2) is 10.1. The quantitative estimate of drug-likeness (QED) is 0.301.